The van der Waals surface area contributed by atoms with Gasteiger partial charge in [0.2, 0.25) is 0 Å². The second kappa shape index (κ2) is 7.51. The zero-order valence-corrected chi connectivity index (χ0v) is 14.4. The zero-order chi connectivity index (χ0) is 17.9. The summed E-state index contributed by atoms with van der Waals surface area (Å²) in [6.07, 6.45) is -2.35. The average molecular weight is 358 g/mol. The van der Waals surface area contributed by atoms with E-state index in [0.717, 1.165) is 57.7 Å². The van der Waals surface area contributed by atoms with Crippen molar-refractivity contribution in [3.8, 4) is 5.75 Å². The number of nitrogens with one attached hydrogen (secondary N) is 1. The molecule has 7 heteroatoms. The van der Waals surface area contributed by atoms with Gasteiger partial charge in [-0.25, -0.2) is 0 Å². The fraction of sp³-hybridized carbons (Fsp3) is 0.667. The highest BCUT2D eigenvalue weighted by Gasteiger charge is 2.46. The summed E-state index contributed by atoms with van der Waals surface area (Å²) in [4.78, 5) is 2.40. The van der Waals surface area contributed by atoms with Crippen LogP contribution in [0.3, 0.4) is 0 Å². The number of rotatable bonds is 5. The van der Waals surface area contributed by atoms with E-state index in [9.17, 15) is 13.2 Å². The van der Waals surface area contributed by atoms with Crippen LogP contribution in [0.1, 0.15) is 18.4 Å². The highest BCUT2D eigenvalue weighted by atomic mass is 19.4. The Morgan fingerprint density at radius 3 is 2.48 bits per heavy atom. The molecular weight excluding hydrogens is 333 g/mol. The Hall–Kier alpha value is -1.31. The maximum Gasteiger partial charge on any atom is 0.573 e. The molecule has 0 aromatic heterocycles. The van der Waals surface area contributed by atoms with Crippen molar-refractivity contribution >= 4 is 0 Å². The SMILES string of the molecule is COCC1CN(Cc2ccc(OC(F)(F)F)cc2)CC12CCNCC2. The number of hydrogen-bond donors (Lipinski definition) is 1. The molecule has 1 spiro atoms. The summed E-state index contributed by atoms with van der Waals surface area (Å²) in [5.74, 6) is 0.331. The smallest absolute Gasteiger partial charge is 0.406 e. The van der Waals surface area contributed by atoms with E-state index in [-0.39, 0.29) is 5.75 Å². The molecule has 0 bridgehead atoms. The molecule has 0 radical (unpaired) electrons. The summed E-state index contributed by atoms with van der Waals surface area (Å²) >= 11 is 0. The average Bonchev–Trinajstić information content (AvgIpc) is 2.86. The third kappa shape index (κ3) is 4.65. The van der Waals surface area contributed by atoms with Crippen LogP contribution in [0.4, 0.5) is 13.2 Å². The summed E-state index contributed by atoms with van der Waals surface area (Å²) in [5.41, 5.74) is 1.29. The Balaban J connectivity index is 1.63. The molecule has 25 heavy (non-hydrogen) atoms. The number of alkyl halides is 3. The van der Waals surface area contributed by atoms with E-state index in [2.05, 4.69) is 15.0 Å². The van der Waals surface area contributed by atoms with E-state index in [1.54, 1.807) is 19.2 Å². The number of likely N-dealkylation sites (tertiary alicyclic amines) is 1. The van der Waals surface area contributed by atoms with E-state index >= 15 is 0 Å². The molecule has 1 atom stereocenters. The Labute approximate surface area is 146 Å². The Morgan fingerprint density at radius 2 is 1.88 bits per heavy atom. The van der Waals surface area contributed by atoms with Crippen LogP contribution in [-0.2, 0) is 11.3 Å². The van der Waals surface area contributed by atoms with Crippen LogP contribution in [0, 0.1) is 11.3 Å². The molecule has 4 nitrogen and oxygen atoms in total. The molecule has 2 fully saturated rings. The lowest BCUT2D eigenvalue weighted by Gasteiger charge is -2.38. The fourth-order valence-corrected chi connectivity index (χ4v) is 4.24. The van der Waals surface area contributed by atoms with Crippen LogP contribution in [-0.4, -0.2) is 51.2 Å². The van der Waals surface area contributed by atoms with Gasteiger partial charge in [-0.1, -0.05) is 12.1 Å². The first kappa shape index (κ1) is 18.5. The number of methoxy groups -OCH3 is 1. The Kier molecular flexibility index (Phi) is 5.55. The lowest BCUT2D eigenvalue weighted by molar-refractivity contribution is -0.274. The molecular formula is C18H25F3N2O2. The molecule has 2 heterocycles. The first-order valence-electron chi connectivity index (χ1n) is 8.67. The minimum absolute atomic E-state index is 0.176. The lowest BCUT2D eigenvalue weighted by atomic mass is 9.71. The normalized spacial score (nSPS) is 23.9. The molecule has 1 aromatic rings. The van der Waals surface area contributed by atoms with Gasteiger partial charge in [-0.05, 0) is 49.0 Å². The van der Waals surface area contributed by atoms with E-state index in [1.807, 2.05) is 0 Å². The molecule has 2 aliphatic heterocycles. The van der Waals surface area contributed by atoms with Crippen molar-refractivity contribution in [2.75, 3.05) is 39.9 Å². The maximum absolute atomic E-state index is 12.2. The molecule has 0 aliphatic carbocycles. The summed E-state index contributed by atoms with van der Waals surface area (Å²) in [6, 6.07) is 6.18. The van der Waals surface area contributed by atoms with Gasteiger partial charge >= 0.3 is 6.36 Å². The molecule has 1 aromatic carbocycles. The van der Waals surface area contributed by atoms with Crippen LogP contribution >= 0.6 is 0 Å². The minimum Gasteiger partial charge on any atom is -0.406 e. The van der Waals surface area contributed by atoms with Gasteiger partial charge in [0.15, 0.2) is 0 Å². The van der Waals surface area contributed by atoms with Gasteiger partial charge < -0.3 is 14.8 Å². The zero-order valence-electron chi connectivity index (χ0n) is 14.4. The van der Waals surface area contributed by atoms with Crippen LogP contribution < -0.4 is 10.1 Å². The number of nitrogens with zero attached hydrogens (tertiary/aromatic N) is 1. The van der Waals surface area contributed by atoms with Gasteiger partial charge in [-0.2, -0.15) is 0 Å². The molecule has 2 aliphatic rings. The van der Waals surface area contributed by atoms with Crippen molar-refractivity contribution in [3.05, 3.63) is 29.8 Å². The van der Waals surface area contributed by atoms with E-state index in [1.165, 1.54) is 12.1 Å². The van der Waals surface area contributed by atoms with Crippen molar-refractivity contribution < 1.29 is 22.6 Å². The third-order valence-corrected chi connectivity index (χ3v) is 5.41. The number of ether oxygens (including phenoxy) is 2. The summed E-state index contributed by atoms with van der Waals surface area (Å²) in [5, 5.41) is 3.42. The topological polar surface area (TPSA) is 33.7 Å². The fourth-order valence-electron chi connectivity index (χ4n) is 4.24. The van der Waals surface area contributed by atoms with Crippen molar-refractivity contribution in [2.45, 2.75) is 25.7 Å². The van der Waals surface area contributed by atoms with E-state index < -0.39 is 6.36 Å². The largest absolute Gasteiger partial charge is 0.573 e. The van der Waals surface area contributed by atoms with Gasteiger partial charge in [0.25, 0.3) is 0 Å². The molecule has 1 unspecified atom stereocenters. The maximum atomic E-state index is 12.2. The van der Waals surface area contributed by atoms with Crippen molar-refractivity contribution in [1.82, 2.24) is 10.2 Å². The predicted molar refractivity (Wildman–Crippen MR) is 88.3 cm³/mol. The van der Waals surface area contributed by atoms with Gasteiger partial charge in [0.05, 0.1) is 6.61 Å². The minimum atomic E-state index is -4.65. The number of halogens is 3. The monoisotopic (exact) mass is 358 g/mol. The predicted octanol–water partition coefficient (Wildman–Crippen LogP) is 3.03. The Morgan fingerprint density at radius 1 is 1.20 bits per heavy atom. The molecule has 140 valence electrons. The summed E-state index contributed by atoms with van der Waals surface area (Å²) in [6.45, 7) is 5.56. The van der Waals surface area contributed by atoms with Gasteiger partial charge in [-0.15, -0.1) is 13.2 Å². The van der Waals surface area contributed by atoms with Crippen molar-refractivity contribution in [2.24, 2.45) is 11.3 Å². The van der Waals surface area contributed by atoms with E-state index in [4.69, 9.17) is 4.74 Å². The molecule has 2 saturated heterocycles. The summed E-state index contributed by atoms with van der Waals surface area (Å²) < 4.78 is 46.1. The highest BCUT2D eigenvalue weighted by molar-refractivity contribution is 5.27. The first-order chi connectivity index (χ1) is 11.9. The molecule has 0 amide bonds. The Bertz CT molecular complexity index is 556. The van der Waals surface area contributed by atoms with Crippen LogP contribution in [0.25, 0.3) is 0 Å². The standard InChI is InChI=1S/C18H25F3N2O2/c1-24-12-15-11-23(13-17(15)6-8-22-9-7-17)10-14-2-4-16(5-3-14)25-18(19,20)21/h2-5,15,22H,6-13H2,1H3. The molecule has 3 rings (SSSR count). The van der Waals surface area contributed by atoms with Crippen molar-refractivity contribution in [1.29, 1.82) is 0 Å². The van der Waals surface area contributed by atoms with E-state index in [0.29, 0.717) is 11.3 Å². The number of benzene rings is 1. The second-order valence-electron chi connectivity index (χ2n) is 7.13. The quantitative estimate of drug-likeness (QED) is 0.877. The second-order valence-corrected chi connectivity index (χ2v) is 7.13. The van der Waals surface area contributed by atoms with Crippen LogP contribution in [0.15, 0.2) is 24.3 Å². The number of hydrogen-bond acceptors (Lipinski definition) is 4. The molecule has 0 saturated carbocycles. The van der Waals surface area contributed by atoms with Gasteiger partial charge in [-0.3, -0.25) is 4.90 Å². The third-order valence-electron chi connectivity index (χ3n) is 5.41. The van der Waals surface area contributed by atoms with Gasteiger partial charge in [0, 0.05) is 32.7 Å². The highest BCUT2D eigenvalue weighted by Crippen LogP contribution is 2.43. The number of piperidine rings is 1. The van der Waals surface area contributed by atoms with Gasteiger partial charge in [0.1, 0.15) is 5.75 Å². The summed E-state index contributed by atoms with van der Waals surface area (Å²) in [7, 11) is 1.75. The van der Waals surface area contributed by atoms with Crippen molar-refractivity contribution in [3.63, 3.8) is 0 Å². The lowest BCUT2D eigenvalue weighted by Crippen LogP contribution is -2.43. The first-order valence-corrected chi connectivity index (χ1v) is 8.67. The molecule has 1 N–H and O–H groups in total. The van der Waals surface area contributed by atoms with Crippen LogP contribution in [0.5, 0.6) is 5.75 Å². The van der Waals surface area contributed by atoms with Crippen LogP contribution in [0.2, 0.25) is 0 Å².